The smallest absolute Gasteiger partial charge is 0.415 e. The summed E-state index contributed by atoms with van der Waals surface area (Å²) in [7, 11) is 0. The van der Waals surface area contributed by atoms with Crippen molar-refractivity contribution in [1.29, 1.82) is 0 Å². The van der Waals surface area contributed by atoms with Crippen LogP contribution in [0.3, 0.4) is 0 Å². The maximum atomic E-state index is 12.8. The van der Waals surface area contributed by atoms with E-state index in [1.807, 2.05) is 54.6 Å². The van der Waals surface area contributed by atoms with E-state index in [1.54, 1.807) is 29.2 Å². The summed E-state index contributed by atoms with van der Waals surface area (Å²) in [4.78, 5) is 29.4. The number of amides is 2. The Balaban J connectivity index is 1.25. The number of aliphatic hydroxyl groups excluding tert-OH is 1. The third-order valence-corrected chi connectivity index (χ3v) is 7.07. The van der Waals surface area contributed by atoms with Gasteiger partial charge < -0.3 is 19.9 Å². The molecule has 0 aromatic heterocycles. The zero-order chi connectivity index (χ0) is 26.3. The Kier molecular flexibility index (Phi) is 8.33. The van der Waals surface area contributed by atoms with Crippen LogP contribution in [0.15, 0.2) is 78.9 Å². The molecule has 38 heavy (non-hydrogen) atoms. The average Bonchev–Trinajstić information content (AvgIpc) is 3.32. The molecule has 5 rings (SSSR count). The Morgan fingerprint density at radius 3 is 2.29 bits per heavy atom. The summed E-state index contributed by atoms with van der Waals surface area (Å²) in [5.41, 5.74) is 4.15. The Bertz CT molecular complexity index is 1210. The molecular weight excluding hydrogens is 482 g/mol. The number of nitrogens with zero attached hydrogens (tertiary/aromatic N) is 2. The van der Waals surface area contributed by atoms with Gasteiger partial charge in [-0.15, -0.1) is 0 Å². The lowest BCUT2D eigenvalue weighted by Gasteiger charge is -2.26. The van der Waals surface area contributed by atoms with Crippen LogP contribution in [-0.2, 0) is 9.47 Å². The van der Waals surface area contributed by atoms with E-state index in [9.17, 15) is 14.7 Å². The number of benzene rings is 3. The first-order valence-corrected chi connectivity index (χ1v) is 13.1. The van der Waals surface area contributed by atoms with Crippen LogP contribution in [0.25, 0.3) is 11.1 Å². The van der Waals surface area contributed by atoms with Gasteiger partial charge in [0.2, 0.25) is 0 Å². The summed E-state index contributed by atoms with van der Waals surface area (Å²) in [6.45, 7) is 4.63. The molecule has 2 N–H and O–H groups in total. The van der Waals surface area contributed by atoms with Gasteiger partial charge in [-0.05, 0) is 53.9 Å². The Hall–Kier alpha value is -3.72. The van der Waals surface area contributed by atoms with Crippen LogP contribution in [0.5, 0.6) is 0 Å². The fourth-order valence-corrected chi connectivity index (χ4v) is 5.01. The van der Waals surface area contributed by atoms with Crippen molar-refractivity contribution in [2.75, 3.05) is 50.9 Å². The van der Waals surface area contributed by atoms with Gasteiger partial charge >= 0.3 is 6.09 Å². The zero-order valence-electron chi connectivity index (χ0n) is 21.3. The van der Waals surface area contributed by atoms with Crippen molar-refractivity contribution in [3.8, 4) is 11.1 Å². The van der Waals surface area contributed by atoms with Crippen LogP contribution in [0, 0.1) is 0 Å². The third kappa shape index (κ3) is 5.88. The van der Waals surface area contributed by atoms with Gasteiger partial charge in [0.15, 0.2) is 6.10 Å². The summed E-state index contributed by atoms with van der Waals surface area (Å²) in [5.74, 6) is -0.149. The number of carbonyl (C=O) groups is 2. The molecule has 2 atom stereocenters. The van der Waals surface area contributed by atoms with Crippen LogP contribution in [0.4, 0.5) is 10.5 Å². The topological polar surface area (TPSA) is 91.3 Å². The predicted octanol–water partition coefficient (Wildman–Crippen LogP) is 3.86. The largest absolute Gasteiger partial charge is 0.441 e. The molecule has 8 nitrogen and oxygen atoms in total. The number of carbonyl (C=O) groups excluding carboxylic acids is 2. The maximum Gasteiger partial charge on any atom is 0.415 e. The number of nitrogens with one attached hydrogen (secondary N) is 1. The van der Waals surface area contributed by atoms with Crippen LogP contribution < -0.4 is 10.2 Å². The minimum absolute atomic E-state index is 0.149. The summed E-state index contributed by atoms with van der Waals surface area (Å²) in [6.07, 6.45) is -0.350. The molecule has 0 bridgehead atoms. The molecule has 2 heterocycles. The monoisotopic (exact) mass is 515 g/mol. The van der Waals surface area contributed by atoms with Crippen molar-refractivity contribution in [3.05, 3.63) is 90.0 Å². The highest BCUT2D eigenvalue weighted by molar-refractivity contribution is 5.96. The number of hydrogen-bond acceptors (Lipinski definition) is 6. The van der Waals surface area contributed by atoms with E-state index in [2.05, 4.69) is 10.2 Å². The average molecular weight is 516 g/mol. The number of hydrogen-bond donors (Lipinski definition) is 2. The second-order valence-electron chi connectivity index (χ2n) is 9.52. The van der Waals surface area contributed by atoms with Gasteiger partial charge in [-0.1, -0.05) is 54.6 Å². The normalized spacial score (nSPS) is 19.8. The number of rotatable bonds is 9. The quantitative estimate of drug-likeness (QED) is 0.421. The van der Waals surface area contributed by atoms with Gasteiger partial charge in [0.1, 0.15) is 6.04 Å². The molecule has 0 radical (unpaired) electrons. The molecule has 0 unspecified atom stereocenters. The first kappa shape index (κ1) is 25.9. The highest BCUT2D eigenvalue weighted by atomic mass is 16.6. The molecule has 2 fully saturated rings. The van der Waals surface area contributed by atoms with Crippen LogP contribution in [0.2, 0.25) is 0 Å². The molecule has 2 amide bonds. The van der Waals surface area contributed by atoms with Gasteiger partial charge in [-0.25, -0.2) is 4.79 Å². The number of ether oxygens (including phenoxy) is 2. The maximum absolute atomic E-state index is 12.8. The highest BCUT2D eigenvalue weighted by Gasteiger charge is 2.43. The summed E-state index contributed by atoms with van der Waals surface area (Å²) < 4.78 is 10.9. The molecule has 2 saturated heterocycles. The van der Waals surface area contributed by atoms with Gasteiger partial charge in [0.05, 0.1) is 19.8 Å². The van der Waals surface area contributed by atoms with E-state index in [-0.39, 0.29) is 12.5 Å². The van der Waals surface area contributed by atoms with Gasteiger partial charge in [-0.3, -0.25) is 14.6 Å². The second kappa shape index (κ2) is 12.2. The van der Waals surface area contributed by atoms with Crippen molar-refractivity contribution in [2.45, 2.75) is 18.6 Å². The minimum Gasteiger partial charge on any atom is -0.441 e. The van der Waals surface area contributed by atoms with E-state index in [0.29, 0.717) is 17.8 Å². The Morgan fingerprint density at radius 1 is 0.921 bits per heavy atom. The third-order valence-electron chi connectivity index (χ3n) is 7.07. The first-order chi connectivity index (χ1) is 18.6. The van der Waals surface area contributed by atoms with Crippen molar-refractivity contribution in [3.63, 3.8) is 0 Å². The number of anilines is 1. The van der Waals surface area contributed by atoms with Crippen molar-refractivity contribution < 1.29 is 24.2 Å². The number of morpholine rings is 1. The lowest BCUT2D eigenvalue weighted by Crippen LogP contribution is -2.38. The fourth-order valence-electron chi connectivity index (χ4n) is 5.01. The van der Waals surface area contributed by atoms with Gasteiger partial charge in [0, 0.05) is 30.9 Å². The predicted molar refractivity (Wildman–Crippen MR) is 145 cm³/mol. The molecule has 0 spiro atoms. The number of cyclic esters (lactones) is 1. The van der Waals surface area contributed by atoms with Crippen molar-refractivity contribution >= 4 is 17.7 Å². The van der Waals surface area contributed by atoms with Crippen molar-refractivity contribution in [1.82, 2.24) is 10.2 Å². The highest BCUT2D eigenvalue weighted by Crippen LogP contribution is 2.38. The molecule has 198 valence electrons. The summed E-state index contributed by atoms with van der Waals surface area (Å²) >= 11 is 0. The standard InChI is InChI=1S/C30H33N3O5/c34-21-27-28(24-9-7-23(8-10-24)22-5-2-1-3-6-22)33(30(36)38-27)26-13-11-25(12-14-26)29(35)31-15-4-16-32-17-19-37-20-18-32/h1-3,5-14,27-28,34H,4,15-21H2,(H,31,35)/t27-,28-/m1/s1. The fraction of sp³-hybridized carbons (Fsp3) is 0.333. The molecular formula is C30H33N3O5. The Labute approximate surface area is 222 Å². The Morgan fingerprint density at radius 2 is 1.61 bits per heavy atom. The molecule has 2 aliphatic rings. The first-order valence-electron chi connectivity index (χ1n) is 13.1. The van der Waals surface area contributed by atoms with E-state index in [0.717, 1.165) is 56.0 Å². The van der Waals surface area contributed by atoms with E-state index in [4.69, 9.17) is 9.47 Å². The van der Waals surface area contributed by atoms with E-state index in [1.165, 1.54) is 0 Å². The van der Waals surface area contributed by atoms with Crippen LogP contribution in [0.1, 0.15) is 28.4 Å². The van der Waals surface area contributed by atoms with Crippen LogP contribution in [-0.4, -0.2) is 74.1 Å². The van der Waals surface area contributed by atoms with Crippen LogP contribution >= 0.6 is 0 Å². The molecule has 8 heteroatoms. The lowest BCUT2D eigenvalue weighted by molar-refractivity contribution is 0.0374. The summed E-state index contributed by atoms with van der Waals surface area (Å²) in [5, 5.41) is 12.9. The summed E-state index contributed by atoms with van der Waals surface area (Å²) in [6, 6.07) is 24.4. The molecule has 0 saturated carbocycles. The molecule has 2 aliphatic heterocycles. The SMILES string of the molecule is O=C(NCCCN1CCOCC1)c1ccc(N2C(=O)O[C@H](CO)[C@H]2c2ccc(-c3ccccc3)cc2)cc1. The lowest BCUT2D eigenvalue weighted by atomic mass is 9.97. The van der Waals surface area contributed by atoms with Crippen molar-refractivity contribution in [2.24, 2.45) is 0 Å². The molecule has 0 aliphatic carbocycles. The van der Waals surface area contributed by atoms with E-state index < -0.39 is 18.2 Å². The minimum atomic E-state index is -0.695. The molecule has 3 aromatic rings. The van der Waals surface area contributed by atoms with Gasteiger partial charge in [0.25, 0.3) is 5.91 Å². The number of aliphatic hydroxyl groups is 1. The molecule has 3 aromatic carbocycles. The zero-order valence-corrected chi connectivity index (χ0v) is 21.3. The second-order valence-corrected chi connectivity index (χ2v) is 9.52. The van der Waals surface area contributed by atoms with Gasteiger partial charge in [-0.2, -0.15) is 0 Å². The van der Waals surface area contributed by atoms with E-state index >= 15 is 0 Å².